The largest absolute Gasteiger partial charge is 0.399 e. The van der Waals surface area contributed by atoms with Crippen LogP contribution < -0.4 is 5.73 Å². The van der Waals surface area contributed by atoms with Crippen molar-refractivity contribution in [2.75, 3.05) is 19.3 Å². The van der Waals surface area contributed by atoms with Crippen molar-refractivity contribution >= 4 is 11.8 Å². The van der Waals surface area contributed by atoms with E-state index in [1.807, 2.05) is 0 Å². The van der Waals surface area contributed by atoms with Gasteiger partial charge in [0.25, 0.3) is 0 Å². The van der Waals surface area contributed by atoms with E-state index in [1.165, 1.54) is 24.1 Å². The number of anilines is 1. The molecule has 0 aromatic heterocycles. The minimum Gasteiger partial charge on any atom is -0.399 e. The molecule has 3 rings (SSSR count). The molecule has 2 heteroatoms. The van der Waals surface area contributed by atoms with E-state index >= 15 is 0 Å². The van der Waals surface area contributed by atoms with Gasteiger partial charge >= 0.3 is 0 Å². The summed E-state index contributed by atoms with van der Waals surface area (Å²) in [5.41, 5.74) is 11.1. The standard InChI is InChI=1S/C13H16N2/c1-15-7-10-4-2-3-9-5-12(14)6-11(8-15)13(9)10/h2-3,5-6,10H,4,7-8,14H2,1H3. The number of nitrogens with zero attached hydrogens (tertiary/aromatic N) is 1. The van der Waals surface area contributed by atoms with Gasteiger partial charge in [-0.3, -0.25) is 0 Å². The van der Waals surface area contributed by atoms with Crippen molar-refractivity contribution in [3.8, 4) is 0 Å². The van der Waals surface area contributed by atoms with E-state index in [4.69, 9.17) is 5.73 Å². The molecule has 1 atom stereocenters. The van der Waals surface area contributed by atoms with Crippen molar-refractivity contribution in [3.05, 3.63) is 34.9 Å². The third kappa shape index (κ3) is 1.37. The van der Waals surface area contributed by atoms with E-state index in [0.29, 0.717) is 5.92 Å². The molecule has 0 bridgehead atoms. The van der Waals surface area contributed by atoms with Crippen LogP contribution in [0.1, 0.15) is 29.0 Å². The van der Waals surface area contributed by atoms with Crippen molar-refractivity contribution in [1.82, 2.24) is 4.90 Å². The molecule has 0 saturated heterocycles. The second-order valence-electron chi connectivity index (χ2n) is 4.71. The Kier molecular flexibility index (Phi) is 1.86. The topological polar surface area (TPSA) is 29.3 Å². The molecule has 1 aliphatic heterocycles. The number of allylic oxidation sites excluding steroid dienone is 1. The predicted octanol–water partition coefficient (Wildman–Crippen LogP) is 2.21. The van der Waals surface area contributed by atoms with Crippen LogP contribution in [0.2, 0.25) is 0 Å². The van der Waals surface area contributed by atoms with Crippen LogP contribution in [0.5, 0.6) is 0 Å². The number of hydrogen-bond acceptors (Lipinski definition) is 2. The Morgan fingerprint density at radius 2 is 2.27 bits per heavy atom. The highest BCUT2D eigenvalue weighted by molar-refractivity contribution is 5.65. The molecule has 0 fully saturated rings. The summed E-state index contributed by atoms with van der Waals surface area (Å²) in [4.78, 5) is 2.38. The zero-order valence-electron chi connectivity index (χ0n) is 9.03. The van der Waals surface area contributed by atoms with Gasteiger partial charge in [-0.1, -0.05) is 12.2 Å². The third-order valence-corrected chi connectivity index (χ3v) is 3.42. The van der Waals surface area contributed by atoms with Crippen LogP contribution in [0.15, 0.2) is 18.2 Å². The van der Waals surface area contributed by atoms with Gasteiger partial charge in [-0.05, 0) is 42.3 Å². The van der Waals surface area contributed by atoms with E-state index in [-0.39, 0.29) is 0 Å². The molecule has 1 heterocycles. The fraction of sp³-hybridized carbons (Fsp3) is 0.385. The SMILES string of the molecule is CN1Cc2cc(N)cc3c2C(CC=C3)C1. The van der Waals surface area contributed by atoms with Crippen LogP contribution in [-0.4, -0.2) is 18.5 Å². The molecule has 1 unspecified atom stereocenters. The summed E-state index contributed by atoms with van der Waals surface area (Å²) in [5.74, 6) is 0.680. The molecule has 1 aromatic carbocycles. The van der Waals surface area contributed by atoms with Crippen molar-refractivity contribution in [1.29, 1.82) is 0 Å². The lowest BCUT2D eigenvalue weighted by atomic mass is 9.81. The molecule has 2 nitrogen and oxygen atoms in total. The van der Waals surface area contributed by atoms with Crippen LogP contribution >= 0.6 is 0 Å². The highest BCUT2D eigenvalue weighted by atomic mass is 15.1. The fourth-order valence-electron chi connectivity index (χ4n) is 2.90. The first-order valence-corrected chi connectivity index (χ1v) is 5.51. The zero-order chi connectivity index (χ0) is 10.4. The number of rotatable bonds is 0. The molecule has 2 N–H and O–H groups in total. The molecular weight excluding hydrogens is 184 g/mol. The molecule has 0 spiro atoms. The first-order chi connectivity index (χ1) is 7.24. The lowest BCUT2D eigenvalue weighted by Crippen LogP contribution is -2.31. The maximum absolute atomic E-state index is 5.92. The lowest BCUT2D eigenvalue weighted by molar-refractivity contribution is 0.280. The minimum absolute atomic E-state index is 0.680. The quantitative estimate of drug-likeness (QED) is 0.651. The normalized spacial score (nSPS) is 23.9. The Hall–Kier alpha value is -1.28. The Balaban J connectivity index is 2.21. The molecule has 1 aromatic rings. The Morgan fingerprint density at radius 3 is 3.13 bits per heavy atom. The second kappa shape index (κ2) is 3.11. The zero-order valence-corrected chi connectivity index (χ0v) is 9.03. The van der Waals surface area contributed by atoms with E-state index in [0.717, 1.165) is 12.2 Å². The molecule has 1 aliphatic carbocycles. The van der Waals surface area contributed by atoms with Gasteiger partial charge in [0, 0.05) is 24.7 Å². The molecule has 78 valence electrons. The van der Waals surface area contributed by atoms with Crippen LogP contribution in [0.3, 0.4) is 0 Å². The summed E-state index contributed by atoms with van der Waals surface area (Å²) in [5, 5.41) is 0. The van der Waals surface area contributed by atoms with Crippen LogP contribution in [0.4, 0.5) is 5.69 Å². The molecular formula is C13H16N2. The van der Waals surface area contributed by atoms with Crippen LogP contribution in [0.25, 0.3) is 6.08 Å². The Morgan fingerprint density at radius 1 is 1.40 bits per heavy atom. The van der Waals surface area contributed by atoms with Crippen molar-refractivity contribution in [2.45, 2.75) is 18.9 Å². The molecule has 0 saturated carbocycles. The number of nitrogen functional groups attached to an aromatic ring is 1. The predicted molar refractivity (Wildman–Crippen MR) is 63.6 cm³/mol. The molecule has 15 heavy (non-hydrogen) atoms. The lowest BCUT2D eigenvalue weighted by Gasteiger charge is -2.35. The van der Waals surface area contributed by atoms with E-state index < -0.39 is 0 Å². The van der Waals surface area contributed by atoms with Crippen molar-refractivity contribution in [2.24, 2.45) is 0 Å². The summed E-state index contributed by atoms with van der Waals surface area (Å²) < 4.78 is 0. The highest BCUT2D eigenvalue weighted by Gasteiger charge is 2.26. The van der Waals surface area contributed by atoms with Gasteiger partial charge in [0.05, 0.1) is 0 Å². The first kappa shape index (κ1) is 8.98. The third-order valence-electron chi connectivity index (χ3n) is 3.42. The van der Waals surface area contributed by atoms with Crippen LogP contribution in [0, 0.1) is 0 Å². The Labute approximate surface area is 90.4 Å². The fourth-order valence-corrected chi connectivity index (χ4v) is 2.90. The molecule has 0 radical (unpaired) electrons. The van der Waals surface area contributed by atoms with Crippen molar-refractivity contribution in [3.63, 3.8) is 0 Å². The smallest absolute Gasteiger partial charge is 0.0323 e. The van der Waals surface area contributed by atoms with Gasteiger partial charge < -0.3 is 10.6 Å². The summed E-state index contributed by atoms with van der Waals surface area (Å²) in [6.45, 7) is 2.21. The number of benzene rings is 1. The molecule has 2 aliphatic rings. The number of hydrogen-bond donors (Lipinski definition) is 1. The van der Waals surface area contributed by atoms with Crippen LogP contribution in [-0.2, 0) is 6.54 Å². The number of nitrogens with two attached hydrogens (primary N) is 1. The van der Waals surface area contributed by atoms with E-state index in [1.54, 1.807) is 5.56 Å². The second-order valence-corrected chi connectivity index (χ2v) is 4.71. The van der Waals surface area contributed by atoms with Gasteiger partial charge in [0.15, 0.2) is 0 Å². The average Bonchev–Trinajstić information content (AvgIpc) is 2.16. The summed E-state index contributed by atoms with van der Waals surface area (Å²) in [6, 6.07) is 4.24. The van der Waals surface area contributed by atoms with Gasteiger partial charge in [-0.2, -0.15) is 0 Å². The minimum atomic E-state index is 0.680. The van der Waals surface area contributed by atoms with Gasteiger partial charge in [-0.15, -0.1) is 0 Å². The summed E-state index contributed by atoms with van der Waals surface area (Å²) in [6.07, 6.45) is 5.67. The van der Waals surface area contributed by atoms with E-state index in [9.17, 15) is 0 Å². The maximum Gasteiger partial charge on any atom is 0.0323 e. The van der Waals surface area contributed by atoms with Gasteiger partial charge in [0.1, 0.15) is 0 Å². The number of likely N-dealkylation sites (N-methyl/N-ethyl adjacent to an activating group) is 1. The monoisotopic (exact) mass is 200 g/mol. The Bertz CT molecular complexity index is 434. The molecule has 0 amide bonds. The van der Waals surface area contributed by atoms with E-state index in [2.05, 4.69) is 36.2 Å². The highest BCUT2D eigenvalue weighted by Crippen LogP contribution is 2.38. The summed E-state index contributed by atoms with van der Waals surface area (Å²) >= 11 is 0. The maximum atomic E-state index is 5.92. The first-order valence-electron chi connectivity index (χ1n) is 5.51. The van der Waals surface area contributed by atoms with Crippen molar-refractivity contribution < 1.29 is 0 Å². The van der Waals surface area contributed by atoms with Gasteiger partial charge in [-0.25, -0.2) is 0 Å². The summed E-state index contributed by atoms with van der Waals surface area (Å²) in [7, 11) is 2.18. The average molecular weight is 200 g/mol. The van der Waals surface area contributed by atoms with Gasteiger partial charge in [0.2, 0.25) is 0 Å².